The number of rotatable bonds is 3. The van der Waals surface area contributed by atoms with E-state index in [0.717, 1.165) is 32.5 Å². The fourth-order valence-corrected chi connectivity index (χ4v) is 1.90. The molecule has 1 amide bonds. The molecular formula is C11H22N2O. The van der Waals surface area contributed by atoms with Crippen molar-refractivity contribution in [2.75, 3.05) is 19.6 Å². The first kappa shape index (κ1) is 11.5. The van der Waals surface area contributed by atoms with Crippen LogP contribution in [0.5, 0.6) is 0 Å². The highest BCUT2D eigenvalue weighted by atomic mass is 16.2. The topological polar surface area (TPSA) is 32.3 Å². The summed E-state index contributed by atoms with van der Waals surface area (Å²) in [6, 6.07) is 0. The molecular weight excluding hydrogens is 176 g/mol. The maximum absolute atomic E-state index is 11.8. The largest absolute Gasteiger partial charge is 0.336 e. The predicted octanol–water partition coefficient (Wildman–Crippen LogP) is 1.39. The van der Waals surface area contributed by atoms with Crippen LogP contribution in [0.4, 0.5) is 0 Å². The summed E-state index contributed by atoms with van der Waals surface area (Å²) in [5.41, 5.74) is -0.0250. The van der Waals surface area contributed by atoms with E-state index in [1.54, 1.807) is 0 Å². The maximum Gasteiger partial charge on any atom is 0.224 e. The first-order valence-corrected chi connectivity index (χ1v) is 5.59. The third-order valence-corrected chi connectivity index (χ3v) is 2.84. The van der Waals surface area contributed by atoms with Crippen LogP contribution in [-0.2, 0) is 4.79 Å². The van der Waals surface area contributed by atoms with Gasteiger partial charge in [0.2, 0.25) is 5.91 Å². The fourth-order valence-electron chi connectivity index (χ4n) is 1.90. The van der Waals surface area contributed by atoms with Crippen molar-refractivity contribution in [3.05, 3.63) is 0 Å². The monoisotopic (exact) mass is 198 g/mol. The van der Waals surface area contributed by atoms with Gasteiger partial charge in [-0.05, 0) is 20.3 Å². The number of carbonyl (C=O) groups excluding carboxylic acids is 1. The van der Waals surface area contributed by atoms with Crippen molar-refractivity contribution in [3.63, 3.8) is 0 Å². The summed E-state index contributed by atoms with van der Waals surface area (Å²) in [6.07, 6.45) is 2.90. The molecule has 0 aromatic carbocycles. The third-order valence-electron chi connectivity index (χ3n) is 2.84. The predicted molar refractivity (Wildman–Crippen MR) is 58.2 cm³/mol. The first-order valence-electron chi connectivity index (χ1n) is 5.59. The minimum atomic E-state index is -0.0250. The molecule has 3 heteroatoms. The second-order valence-corrected chi connectivity index (χ2v) is 4.64. The van der Waals surface area contributed by atoms with Gasteiger partial charge in [0.05, 0.1) is 0 Å². The van der Waals surface area contributed by atoms with Crippen LogP contribution in [0.15, 0.2) is 0 Å². The number of hydrogen-bond acceptors (Lipinski definition) is 2. The lowest BCUT2D eigenvalue weighted by Gasteiger charge is -2.37. The van der Waals surface area contributed by atoms with Gasteiger partial charge in [-0.2, -0.15) is 0 Å². The van der Waals surface area contributed by atoms with Crippen molar-refractivity contribution in [1.82, 2.24) is 10.2 Å². The minimum absolute atomic E-state index is 0.0250. The molecule has 0 spiro atoms. The van der Waals surface area contributed by atoms with Crippen LogP contribution in [0.1, 0.15) is 40.0 Å². The summed E-state index contributed by atoms with van der Waals surface area (Å²) in [5.74, 6) is 0.299. The highest BCUT2D eigenvalue weighted by Gasteiger charge is 2.31. The molecule has 0 atom stereocenters. The van der Waals surface area contributed by atoms with Gasteiger partial charge in [-0.1, -0.05) is 13.3 Å². The minimum Gasteiger partial charge on any atom is -0.336 e. The maximum atomic E-state index is 11.8. The lowest BCUT2D eigenvalue weighted by Crippen LogP contribution is -2.50. The van der Waals surface area contributed by atoms with Gasteiger partial charge >= 0.3 is 0 Å². The SMILES string of the molecule is CCCCN1C(=O)CCNCC1(C)C. The zero-order chi connectivity index (χ0) is 10.6. The Morgan fingerprint density at radius 2 is 2.21 bits per heavy atom. The van der Waals surface area contributed by atoms with Crippen molar-refractivity contribution in [3.8, 4) is 0 Å². The van der Waals surface area contributed by atoms with Gasteiger partial charge in [-0.3, -0.25) is 4.79 Å². The Labute approximate surface area is 86.9 Å². The van der Waals surface area contributed by atoms with Gasteiger partial charge in [-0.25, -0.2) is 0 Å². The molecule has 1 heterocycles. The molecule has 3 nitrogen and oxygen atoms in total. The Balaban J connectivity index is 2.66. The lowest BCUT2D eigenvalue weighted by atomic mass is 10.0. The van der Waals surface area contributed by atoms with Gasteiger partial charge < -0.3 is 10.2 Å². The van der Waals surface area contributed by atoms with Crippen LogP contribution in [-0.4, -0.2) is 36.0 Å². The second kappa shape index (κ2) is 4.78. The average molecular weight is 198 g/mol. The van der Waals surface area contributed by atoms with E-state index in [0.29, 0.717) is 12.3 Å². The normalized spacial score (nSPS) is 22.2. The molecule has 1 N–H and O–H groups in total. The van der Waals surface area contributed by atoms with Crippen molar-refractivity contribution in [2.24, 2.45) is 0 Å². The number of hydrogen-bond donors (Lipinski definition) is 1. The Morgan fingerprint density at radius 3 is 2.86 bits per heavy atom. The van der Waals surface area contributed by atoms with E-state index in [-0.39, 0.29) is 5.54 Å². The molecule has 0 bridgehead atoms. The molecule has 0 radical (unpaired) electrons. The van der Waals surface area contributed by atoms with Crippen molar-refractivity contribution in [2.45, 2.75) is 45.6 Å². The molecule has 0 aromatic rings. The molecule has 1 rings (SSSR count). The second-order valence-electron chi connectivity index (χ2n) is 4.64. The van der Waals surface area contributed by atoms with Crippen molar-refractivity contribution >= 4 is 5.91 Å². The average Bonchev–Trinajstić information content (AvgIpc) is 2.23. The van der Waals surface area contributed by atoms with Gasteiger partial charge in [0.25, 0.3) is 0 Å². The molecule has 0 unspecified atom stereocenters. The van der Waals surface area contributed by atoms with Crippen LogP contribution in [0, 0.1) is 0 Å². The van der Waals surface area contributed by atoms with Crippen LogP contribution in [0.25, 0.3) is 0 Å². The standard InChI is InChI=1S/C11H22N2O/c1-4-5-8-13-10(14)6-7-12-9-11(13,2)3/h12H,4-9H2,1-3H3. The summed E-state index contributed by atoms with van der Waals surface area (Å²) < 4.78 is 0. The van der Waals surface area contributed by atoms with E-state index in [2.05, 4.69) is 26.1 Å². The van der Waals surface area contributed by atoms with E-state index in [1.807, 2.05) is 4.90 Å². The molecule has 0 aromatic heterocycles. The number of nitrogens with one attached hydrogen (secondary N) is 1. The van der Waals surface area contributed by atoms with Crippen LogP contribution < -0.4 is 5.32 Å². The molecule has 1 aliphatic heterocycles. The number of nitrogens with zero attached hydrogens (tertiary/aromatic N) is 1. The molecule has 0 saturated carbocycles. The smallest absolute Gasteiger partial charge is 0.224 e. The van der Waals surface area contributed by atoms with Crippen molar-refractivity contribution < 1.29 is 4.79 Å². The van der Waals surface area contributed by atoms with Crippen LogP contribution in [0.2, 0.25) is 0 Å². The molecule has 1 aliphatic rings. The molecule has 0 aliphatic carbocycles. The Hall–Kier alpha value is -0.570. The highest BCUT2D eigenvalue weighted by molar-refractivity contribution is 5.77. The van der Waals surface area contributed by atoms with Gasteiger partial charge in [0.1, 0.15) is 0 Å². The summed E-state index contributed by atoms with van der Waals surface area (Å²) in [4.78, 5) is 13.9. The molecule has 14 heavy (non-hydrogen) atoms. The summed E-state index contributed by atoms with van der Waals surface area (Å²) >= 11 is 0. The number of unbranched alkanes of at least 4 members (excludes halogenated alkanes) is 1. The Kier molecular flexibility index (Phi) is 3.93. The van der Waals surface area contributed by atoms with E-state index < -0.39 is 0 Å². The summed E-state index contributed by atoms with van der Waals surface area (Å²) in [6.45, 7) is 9.07. The van der Waals surface area contributed by atoms with E-state index in [4.69, 9.17) is 0 Å². The first-order chi connectivity index (χ1) is 6.58. The van der Waals surface area contributed by atoms with Crippen LogP contribution >= 0.6 is 0 Å². The summed E-state index contributed by atoms with van der Waals surface area (Å²) in [7, 11) is 0. The number of amides is 1. The van der Waals surface area contributed by atoms with Gasteiger partial charge in [0.15, 0.2) is 0 Å². The zero-order valence-electron chi connectivity index (χ0n) is 9.60. The molecule has 1 fully saturated rings. The lowest BCUT2D eigenvalue weighted by molar-refractivity contribution is -0.135. The fraction of sp³-hybridized carbons (Fsp3) is 0.909. The molecule has 82 valence electrons. The van der Waals surface area contributed by atoms with E-state index >= 15 is 0 Å². The molecule has 1 saturated heterocycles. The Morgan fingerprint density at radius 1 is 1.50 bits per heavy atom. The quantitative estimate of drug-likeness (QED) is 0.743. The van der Waals surface area contributed by atoms with Gasteiger partial charge in [0, 0.05) is 31.6 Å². The number of carbonyl (C=O) groups is 1. The van der Waals surface area contributed by atoms with Crippen LogP contribution in [0.3, 0.4) is 0 Å². The van der Waals surface area contributed by atoms with Gasteiger partial charge in [-0.15, -0.1) is 0 Å². The Bertz CT molecular complexity index is 201. The van der Waals surface area contributed by atoms with E-state index in [9.17, 15) is 4.79 Å². The summed E-state index contributed by atoms with van der Waals surface area (Å²) in [5, 5.41) is 3.31. The zero-order valence-corrected chi connectivity index (χ0v) is 9.60. The third kappa shape index (κ3) is 2.71. The van der Waals surface area contributed by atoms with E-state index in [1.165, 1.54) is 0 Å². The highest BCUT2D eigenvalue weighted by Crippen LogP contribution is 2.18. The van der Waals surface area contributed by atoms with Crippen molar-refractivity contribution in [1.29, 1.82) is 0 Å².